The van der Waals surface area contributed by atoms with E-state index in [0.717, 1.165) is 0 Å². The molecule has 0 aliphatic rings. The summed E-state index contributed by atoms with van der Waals surface area (Å²) >= 11 is 4.90. The lowest BCUT2D eigenvalue weighted by atomic mass is 10.3. The van der Waals surface area contributed by atoms with Gasteiger partial charge in [0, 0.05) is 13.2 Å². The second kappa shape index (κ2) is 3.53. The van der Waals surface area contributed by atoms with E-state index < -0.39 is 11.7 Å². The predicted molar refractivity (Wildman–Crippen MR) is 41.4 cm³/mol. The molecular formula is C6H7ClFN3O. The molecule has 1 heterocycles. The van der Waals surface area contributed by atoms with Crippen LogP contribution in [0.25, 0.3) is 0 Å². The first-order chi connectivity index (χ1) is 5.59. The first-order valence-corrected chi connectivity index (χ1v) is 3.61. The van der Waals surface area contributed by atoms with Crippen molar-refractivity contribution in [3.63, 3.8) is 0 Å². The highest BCUT2D eigenvalue weighted by atomic mass is 35.5. The van der Waals surface area contributed by atoms with Crippen molar-refractivity contribution < 1.29 is 9.18 Å². The highest BCUT2D eigenvalue weighted by Gasteiger charge is 2.10. The minimum absolute atomic E-state index is 0.279. The Hall–Kier alpha value is -1.10. The van der Waals surface area contributed by atoms with Crippen molar-refractivity contribution in [2.75, 3.05) is 0 Å². The zero-order valence-electron chi connectivity index (χ0n) is 6.29. The fraction of sp³-hybridized carbons (Fsp3) is 0.333. The van der Waals surface area contributed by atoms with Gasteiger partial charge in [0.15, 0.2) is 0 Å². The summed E-state index contributed by atoms with van der Waals surface area (Å²) in [5.74, 6) is -2.44. The van der Waals surface area contributed by atoms with Crippen LogP contribution >= 0.6 is 11.6 Å². The van der Waals surface area contributed by atoms with Gasteiger partial charge in [0.25, 0.3) is 5.91 Å². The van der Waals surface area contributed by atoms with Gasteiger partial charge in [-0.1, -0.05) is 11.6 Å². The molecule has 66 valence electrons. The first kappa shape index (κ1) is 8.99. The number of aromatic nitrogens is 2. The van der Waals surface area contributed by atoms with Gasteiger partial charge in [0.1, 0.15) is 0 Å². The molecule has 0 radical (unpaired) electrons. The van der Waals surface area contributed by atoms with Crippen LogP contribution in [0.3, 0.4) is 0 Å². The van der Waals surface area contributed by atoms with E-state index in [9.17, 15) is 9.18 Å². The van der Waals surface area contributed by atoms with Gasteiger partial charge >= 0.3 is 0 Å². The molecule has 0 aliphatic carbocycles. The van der Waals surface area contributed by atoms with E-state index in [2.05, 4.69) is 5.10 Å². The Labute approximate surface area is 73.3 Å². The van der Waals surface area contributed by atoms with Crippen LogP contribution in [0, 0.1) is 0 Å². The van der Waals surface area contributed by atoms with E-state index in [4.69, 9.17) is 11.6 Å². The third kappa shape index (κ3) is 2.20. The van der Waals surface area contributed by atoms with E-state index in [1.165, 1.54) is 17.1 Å². The standard InChI is InChI=1S/C6H7ClFN3O/c1-11-3-4(2-9-11)5(12)10-6(7)8/h2-3,6H,1H3,(H,10,12). The maximum absolute atomic E-state index is 12.1. The van der Waals surface area contributed by atoms with Gasteiger partial charge in [0.05, 0.1) is 11.8 Å². The molecule has 1 unspecified atom stereocenters. The van der Waals surface area contributed by atoms with Crippen LogP contribution in [-0.4, -0.2) is 21.4 Å². The van der Waals surface area contributed by atoms with Crippen molar-refractivity contribution in [1.29, 1.82) is 0 Å². The lowest BCUT2D eigenvalue weighted by Crippen LogP contribution is -2.27. The monoisotopic (exact) mass is 191 g/mol. The number of carbonyl (C=O) groups excluding carboxylic acids is 1. The molecule has 0 saturated carbocycles. The van der Waals surface area contributed by atoms with Crippen LogP contribution < -0.4 is 5.32 Å². The summed E-state index contributed by atoms with van der Waals surface area (Å²) in [5, 5.41) is 5.61. The van der Waals surface area contributed by atoms with Gasteiger partial charge in [-0.05, 0) is 0 Å². The second-order valence-electron chi connectivity index (χ2n) is 2.18. The number of nitrogens with one attached hydrogen (secondary N) is 1. The summed E-state index contributed by atoms with van der Waals surface area (Å²) in [7, 11) is 1.66. The maximum atomic E-state index is 12.1. The Balaban J connectivity index is 2.65. The third-order valence-electron chi connectivity index (χ3n) is 1.21. The quantitative estimate of drug-likeness (QED) is 0.551. The van der Waals surface area contributed by atoms with Crippen molar-refractivity contribution >= 4 is 17.5 Å². The number of hydrogen-bond donors (Lipinski definition) is 1. The van der Waals surface area contributed by atoms with E-state index in [0.29, 0.717) is 0 Å². The molecule has 0 saturated heterocycles. The van der Waals surface area contributed by atoms with Gasteiger partial charge in [-0.15, -0.1) is 0 Å². The van der Waals surface area contributed by atoms with Crippen molar-refractivity contribution in [3.8, 4) is 0 Å². The molecule has 0 spiro atoms. The van der Waals surface area contributed by atoms with Crippen LogP contribution in [0.1, 0.15) is 10.4 Å². The number of rotatable bonds is 2. The molecule has 1 aromatic rings. The molecule has 1 N–H and O–H groups in total. The van der Waals surface area contributed by atoms with Crippen molar-refractivity contribution in [2.24, 2.45) is 7.05 Å². The molecular weight excluding hydrogens is 185 g/mol. The summed E-state index contributed by atoms with van der Waals surface area (Å²) in [6, 6.07) is 0. The Morgan fingerprint density at radius 3 is 3.00 bits per heavy atom. The number of nitrogens with zero attached hydrogens (tertiary/aromatic N) is 2. The van der Waals surface area contributed by atoms with Gasteiger partial charge in [-0.2, -0.15) is 5.10 Å². The molecule has 1 amide bonds. The van der Waals surface area contributed by atoms with Gasteiger partial charge in [-0.25, -0.2) is 4.39 Å². The molecule has 1 rings (SSSR count). The number of carbonyl (C=O) groups is 1. The second-order valence-corrected chi connectivity index (χ2v) is 2.56. The number of hydrogen-bond acceptors (Lipinski definition) is 2. The van der Waals surface area contributed by atoms with Crippen LogP contribution in [0.2, 0.25) is 0 Å². The average molecular weight is 192 g/mol. The molecule has 0 bridgehead atoms. The third-order valence-corrected chi connectivity index (χ3v) is 1.32. The normalized spacial score (nSPS) is 12.6. The minimum Gasteiger partial charge on any atom is -0.310 e. The highest BCUT2D eigenvalue weighted by molar-refractivity contribution is 6.20. The maximum Gasteiger partial charge on any atom is 0.257 e. The van der Waals surface area contributed by atoms with E-state index in [1.807, 2.05) is 5.32 Å². The van der Waals surface area contributed by atoms with Gasteiger partial charge in [-0.3, -0.25) is 9.48 Å². The molecule has 1 aromatic heterocycles. The molecule has 0 aromatic carbocycles. The fourth-order valence-corrected chi connectivity index (χ4v) is 0.820. The summed E-state index contributed by atoms with van der Waals surface area (Å²) in [6.45, 7) is 0. The molecule has 4 nitrogen and oxygen atoms in total. The van der Waals surface area contributed by atoms with Gasteiger partial charge < -0.3 is 5.32 Å². The van der Waals surface area contributed by atoms with Crippen LogP contribution in [-0.2, 0) is 7.05 Å². The number of aryl methyl sites for hydroxylation is 1. The Morgan fingerprint density at radius 1 is 1.92 bits per heavy atom. The first-order valence-electron chi connectivity index (χ1n) is 3.17. The highest BCUT2D eigenvalue weighted by Crippen LogP contribution is 1.98. The zero-order chi connectivity index (χ0) is 9.14. The minimum atomic E-state index is -1.86. The summed E-state index contributed by atoms with van der Waals surface area (Å²) in [6.07, 6.45) is 2.79. The van der Waals surface area contributed by atoms with Crippen molar-refractivity contribution in [1.82, 2.24) is 15.1 Å². The van der Waals surface area contributed by atoms with E-state index in [1.54, 1.807) is 7.05 Å². The average Bonchev–Trinajstić information content (AvgIpc) is 2.34. The van der Waals surface area contributed by atoms with Crippen molar-refractivity contribution in [3.05, 3.63) is 18.0 Å². The van der Waals surface area contributed by atoms with E-state index >= 15 is 0 Å². The topological polar surface area (TPSA) is 46.9 Å². The van der Waals surface area contributed by atoms with E-state index in [-0.39, 0.29) is 5.56 Å². The lowest BCUT2D eigenvalue weighted by molar-refractivity contribution is 0.0926. The SMILES string of the molecule is Cn1cc(C(=O)NC(F)Cl)cn1. The van der Waals surface area contributed by atoms with Crippen LogP contribution in [0.4, 0.5) is 4.39 Å². The lowest BCUT2D eigenvalue weighted by Gasteiger charge is -2.00. The van der Waals surface area contributed by atoms with Crippen molar-refractivity contribution in [2.45, 2.75) is 5.75 Å². The smallest absolute Gasteiger partial charge is 0.257 e. The zero-order valence-corrected chi connectivity index (χ0v) is 7.05. The van der Waals surface area contributed by atoms with Crippen LogP contribution in [0.15, 0.2) is 12.4 Å². The number of amides is 1. The fourth-order valence-electron chi connectivity index (χ4n) is 0.721. The van der Waals surface area contributed by atoms with Gasteiger partial charge in [0.2, 0.25) is 5.75 Å². The molecule has 0 aliphatic heterocycles. The Bertz CT molecular complexity index is 286. The number of alkyl halides is 2. The molecule has 6 heteroatoms. The molecule has 12 heavy (non-hydrogen) atoms. The number of halogens is 2. The largest absolute Gasteiger partial charge is 0.310 e. The molecule has 1 atom stereocenters. The Kier molecular flexibility index (Phi) is 2.65. The molecule has 0 fully saturated rings. The summed E-state index contributed by atoms with van der Waals surface area (Å²) in [5.41, 5.74) is 0.279. The van der Waals surface area contributed by atoms with Crippen LogP contribution in [0.5, 0.6) is 0 Å². The summed E-state index contributed by atoms with van der Waals surface area (Å²) in [4.78, 5) is 11.0. The predicted octanol–water partition coefficient (Wildman–Crippen LogP) is 0.642. The summed E-state index contributed by atoms with van der Waals surface area (Å²) < 4.78 is 13.5. The Morgan fingerprint density at radius 2 is 2.58 bits per heavy atom.